The van der Waals surface area contributed by atoms with Gasteiger partial charge in [0.2, 0.25) is 5.91 Å². The number of hydrogen-bond donors (Lipinski definition) is 1. The molecule has 6 heteroatoms. The van der Waals surface area contributed by atoms with Crippen LogP contribution in [0, 0.1) is 51.8 Å². The topological polar surface area (TPSA) is 81.7 Å². The normalized spacial score (nSPS) is 33.6. The SMILES string of the molecule is CC(=O)OCC(C)(COC(C)=O)C(=O)N[C@@H]1CC[C@@]2(C)[C@@H](CCC3=C4CC[C@H]([C@H](C)CC[C@H](C)C(C)C)[C@@]4(C)CC[C@@H]32)C1. The molecule has 0 radical (unpaired) electrons. The van der Waals surface area contributed by atoms with Gasteiger partial charge >= 0.3 is 11.9 Å². The molecule has 1 N–H and O–H groups in total. The summed E-state index contributed by atoms with van der Waals surface area (Å²) in [6.07, 6.45) is 13.5. The molecular formula is C37H61NO5. The zero-order chi connectivity index (χ0) is 31.7. The van der Waals surface area contributed by atoms with Gasteiger partial charge in [0.15, 0.2) is 0 Å². The average Bonchev–Trinajstić information content (AvgIpc) is 3.30. The highest BCUT2D eigenvalue weighted by Crippen LogP contribution is 2.66. The summed E-state index contributed by atoms with van der Waals surface area (Å²) in [5, 5.41) is 3.28. The second-order valence-corrected chi connectivity index (χ2v) is 16.2. The van der Waals surface area contributed by atoms with E-state index < -0.39 is 17.4 Å². The number of fused-ring (bicyclic) bond motifs is 4. The molecule has 0 aromatic heterocycles. The van der Waals surface area contributed by atoms with Crippen LogP contribution in [-0.4, -0.2) is 37.1 Å². The van der Waals surface area contributed by atoms with Gasteiger partial charge in [-0.1, -0.05) is 65.5 Å². The molecule has 4 aliphatic rings. The quantitative estimate of drug-likeness (QED) is 0.192. The Hall–Kier alpha value is -1.85. The first-order chi connectivity index (χ1) is 20.1. The highest BCUT2D eigenvalue weighted by atomic mass is 16.5. The lowest BCUT2D eigenvalue weighted by Gasteiger charge is -2.57. The molecule has 4 aliphatic carbocycles. The third-order valence-electron chi connectivity index (χ3n) is 13.0. The Kier molecular flexibility index (Phi) is 10.5. The van der Waals surface area contributed by atoms with Crippen LogP contribution < -0.4 is 5.32 Å². The average molecular weight is 600 g/mol. The molecule has 3 saturated carbocycles. The van der Waals surface area contributed by atoms with Crippen molar-refractivity contribution in [1.29, 1.82) is 0 Å². The van der Waals surface area contributed by atoms with Gasteiger partial charge in [0.05, 0.1) is 0 Å². The molecule has 0 unspecified atom stereocenters. The summed E-state index contributed by atoms with van der Waals surface area (Å²) in [6.45, 7) is 19.0. The van der Waals surface area contributed by atoms with Crippen molar-refractivity contribution in [1.82, 2.24) is 5.32 Å². The van der Waals surface area contributed by atoms with Crippen molar-refractivity contribution in [3.05, 3.63) is 11.1 Å². The van der Waals surface area contributed by atoms with Crippen molar-refractivity contribution in [2.24, 2.45) is 51.8 Å². The Labute approximate surface area is 261 Å². The van der Waals surface area contributed by atoms with E-state index >= 15 is 0 Å². The van der Waals surface area contributed by atoms with Crippen LogP contribution in [0.1, 0.15) is 133 Å². The number of carbonyl (C=O) groups is 3. The molecule has 1 amide bonds. The lowest BCUT2D eigenvalue weighted by atomic mass is 9.48. The summed E-state index contributed by atoms with van der Waals surface area (Å²) in [5.41, 5.74) is 3.24. The second kappa shape index (κ2) is 13.3. The minimum absolute atomic E-state index is 0.0903. The molecule has 0 heterocycles. The van der Waals surface area contributed by atoms with Gasteiger partial charge in [0, 0.05) is 19.9 Å². The first-order valence-electron chi connectivity index (χ1n) is 17.4. The van der Waals surface area contributed by atoms with Gasteiger partial charge in [-0.05, 0) is 111 Å². The van der Waals surface area contributed by atoms with Gasteiger partial charge in [-0.2, -0.15) is 0 Å². The molecule has 4 rings (SSSR count). The smallest absolute Gasteiger partial charge is 0.302 e. The van der Waals surface area contributed by atoms with E-state index in [9.17, 15) is 14.4 Å². The van der Waals surface area contributed by atoms with E-state index in [2.05, 4.69) is 46.9 Å². The zero-order valence-corrected chi connectivity index (χ0v) is 28.8. The molecule has 6 nitrogen and oxygen atoms in total. The molecule has 8 atom stereocenters. The minimum Gasteiger partial charge on any atom is -0.465 e. The van der Waals surface area contributed by atoms with E-state index in [0.29, 0.717) is 22.7 Å². The summed E-state index contributed by atoms with van der Waals surface area (Å²) in [7, 11) is 0. The zero-order valence-electron chi connectivity index (χ0n) is 28.8. The third-order valence-corrected chi connectivity index (χ3v) is 13.0. The van der Waals surface area contributed by atoms with Crippen LogP contribution in [0.25, 0.3) is 0 Å². The fraction of sp³-hybridized carbons (Fsp3) is 0.865. The van der Waals surface area contributed by atoms with E-state index in [0.717, 1.165) is 42.9 Å². The number of allylic oxidation sites excluding steroid dienone is 2. The van der Waals surface area contributed by atoms with E-state index in [1.807, 2.05) is 11.1 Å². The van der Waals surface area contributed by atoms with E-state index in [-0.39, 0.29) is 25.2 Å². The van der Waals surface area contributed by atoms with E-state index in [4.69, 9.17) is 9.47 Å². The Morgan fingerprint density at radius 3 is 2.16 bits per heavy atom. The number of ether oxygens (including phenoxy) is 2. The Morgan fingerprint density at radius 2 is 1.56 bits per heavy atom. The fourth-order valence-corrected chi connectivity index (χ4v) is 9.69. The first kappa shape index (κ1) is 34.0. The van der Waals surface area contributed by atoms with Gasteiger partial charge in [-0.3, -0.25) is 14.4 Å². The van der Waals surface area contributed by atoms with Crippen molar-refractivity contribution in [3.8, 4) is 0 Å². The maximum atomic E-state index is 13.5. The van der Waals surface area contributed by atoms with Crippen molar-refractivity contribution in [2.45, 2.75) is 139 Å². The maximum Gasteiger partial charge on any atom is 0.302 e. The number of amides is 1. The van der Waals surface area contributed by atoms with Gasteiger partial charge < -0.3 is 14.8 Å². The van der Waals surface area contributed by atoms with Gasteiger partial charge in [-0.25, -0.2) is 0 Å². The Morgan fingerprint density at radius 1 is 0.907 bits per heavy atom. The lowest BCUT2D eigenvalue weighted by molar-refractivity contribution is -0.156. The summed E-state index contributed by atoms with van der Waals surface area (Å²) in [5.74, 6) is 3.35. The number of carbonyl (C=O) groups excluding carboxylic acids is 3. The molecule has 0 bridgehead atoms. The van der Waals surface area contributed by atoms with Crippen LogP contribution >= 0.6 is 0 Å². The highest BCUT2D eigenvalue weighted by Gasteiger charge is 2.56. The molecule has 0 aromatic rings. The van der Waals surface area contributed by atoms with Crippen molar-refractivity contribution < 1.29 is 23.9 Å². The van der Waals surface area contributed by atoms with Gasteiger partial charge in [0.1, 0.15) is 18.6 Å². The predicted molar refractivity (Wildman–Crippen MR) is 171 cm³/mol. The number of nitrogens with one attached hydrogen (secondary N) is 1. The fourth-order valence-electron chi connectivity index (χ4n) is 9.69. The van der Waals surface area contributed by atoms with Crippen molar-refractivity contribution in [2.75, 3.05) is 13.2 Å². The van der Waals surface area contributed by atoms with Crippen LogP contribution in [0.4, 0.5) is 0 Å². The monoisotopic (exact) mass is 599 g/mol. The third kappa shape index (κ3) is 7.03. The molecule has 3 fully saturated rings. The van der Waals surface area contributed by atoms with Crippen LogP contribution in [0.15, 0.2) is 11.1 Å². The number of esters is 2. The molecule has 0 spiro atoms. The molecule has 0 saturated heterocycles. The van der Waals surface area contributed by atoms with Gasteiger partial charge in [0.25, 0.3) is 0 Å². The Balaban J connectivity index is 1.43. The lowest BCUT2D eigenvalue weighted by Crippen LogP contribution is -2.54. The second-order valence-electron chi connectivity index (χ2n) is 16.2. The first-order valence-corrected chi connectivity index (χ1v) is 17.4. The van der Waals surface area contributed by atoms with E-state index in [1.54, 1.807) is 6.92 Å². The molecule has 244 valence electrons. The maximum absolute atomic E-state index is 13.5. The summed E-state index contributed by atoms with van der Waals surface area (Å²) >= 11 is 0. The van der Waals surface area contributed by atoms with Crippen molar-refractivity contribution >= 4 is 17.8 Å². The van der Waals surface area contributed by atoms with Crippen LogP contribution in [-0.2, 0) is 23.9 Å². The van der Waals surface area contributed by atoms with Crippen LogP contribution in [0.3, 0.4) is 0 Å². The predicted octanol–water partition coefficient (Wildman–Crippen LogP) is 8.04. The Bertz CT molecular complexity index is 1060. The largest absolute Gasteiger partial charge is 0.465 e. The molecule has 43 heavy (non-hydrogen) atoms. The number of rotatable bonds is 11. The summed E-state index contributed by atoms with van der Waals surface area (Å²) in [6, 6.07) is 0.0903. The minimum atomic E-state index is -1.11. The van der Waals surface area contributed by atoms with Crippen molar-refractivity contribution in [3.63, 3.8) is 0 Å². The summed E-state index contributed by atoms with van der Waals surface area (Å²) in [4.78, 5) is 36.5. The van der Waals surface area contributed by atoms with E-state index in [1.165, 1.54) is 65.2 Å². The highest BCUT2D eigenvalue weighted by molar-refractivity contribution is 5.83. The molecular weight excluding hydrogens is 538 g/mol. The molecule has 0 aromatic carbocycles. The van der Waals surface area contributed by atoms with Crippen LogP contribution in [0.5, 0.6) is 0 Å². The standard InChI is InChI=1S/C37H61NO5/c1-23(2)24(3)10-11-25(4)31-14-15-32-30-13-12-28-20-29(16-18-36(28,8)33(30)17-19-37(31,32)9)38-34(41)35(7,21-42-26(5)39)22-43-27(6)40/h23-25,28-29,31,33H,10-22H2,1-9H3,(H,38,41)/t24-,25+,28-,29+,31+,33-,36-,37+/m0/s1. The summed E-state index contributed by atoms with van der Waals surface area (Å²) < 4.78 is 10.4. The van der Waals surface area contributed by atoms with Gasteiger partial charge in [-0.15, -0.1) is 0 Å². The molecule has 0 aliphatic heterocycles. The number of hydrogen-bond acceptors (Lipinski definition) is 5. The van der Waals surface area contributed by atoms with Crippen LogP contribution in [0.2, 0.25) is 0 Å².